The number of Topliss-reactive ketones (excluding diaryl/α,β-unsaturated/α-hetero) is 1. The van der Waals surface area contributed by atoms with Gasteiger partial charge in [-0.05, 0) is 6.92 Å². The Morgan fingerprint density at radius 3 is 2.10 bits per heavy atom. The summed E-state index contributed by atoms with van der Waals surface area (Å²) < 4.78 is 38.6. The second kappa shape index (κ2) is 16.1. The number of rotatable bonds is 3. The fraction of sp³-hybridized carbons (Fsp3) is 0.190. The minimum absolute atomic E-state index is 0. The molecule has 3 rings (SSSR count). The van der Waals surface area contributed by atoms with Crippen LogP contribution in [-0.2, 0) is 31.7 Å². The minimum Gasteiger partial charge on any atom is -1.00 e. The van der Waals surface area contributed by atoms with Crippen molar-refractivity contribution in [1.82, 2.24) is 0 Å². The van der Waals surface area contributed by atoms with Gasteiger partial charge in [0.2, 0.25) is 5.78 Å². The van der Waals surface area contributed by atoms with Gasteiger partial charge in [-0.1, -0.05) is 6.07 Å². The monoisotopic (exact) mass is 555 g/mol. The molecule has 0 aliphatic heterocycles. The van der Waals surface area contributed by atoms with Gasteiger partial charge in [0.05, 0.1) is 6.61 Å². The van der Waals surface area contributed by atoms with Crippen molar-refractivity contribution in [3.63, 3.8) is 0 Å². The average Bonchev–Trinajstić information content (AvgIpc) is 3.12. The van der Waals surface area contributed by atoms with Crippen molar-refractivity contribution in [2.45, 2.75) is 19.5 Å². The molecule has 0 atom stereocenters. The molecular weight excluding hydrogens is 536 g/mol. The summed E-state index contributed by atoms with van der Waals surface area (Å²) in [6.07, 6.45) is -6.19. The molecule has 1 radical (unpaired) electrons. The molecule has 0 spiro atoms. The third-order valence-corrected chi connectivity index (χ3v) is 3.08. The fourth-order valence-corrected chi connectivity index (χ4v) is 1.86. The van der Waals surface area contributed by atoms with Crippen molar-refractivity contribution in [3.8, 4) is 0 Å². The first-order valence-electron chi connectivity index (χ1n) is 8.11. The Labute approximate surface area is 195 Å². The number of carbonyl (C=O) groups is 2. The largest absolute Gasteiger partial charge is 3.00 e. The summed E-state index contributed by atoms with van der Waals surface area (Å²) in [4.78, 5) is 20.5. The molecule has 0 aliphatic carbocycles. The van der Waals surface area contributed by atoms with Crippen molar-refractivity contribution in [2.75, 3.05) is 6.61 Å². The molecule has 0 N–H and O–H groups in total. The topological polar surface area (TPSA) is 43.4 Å². The summed E-state index contributed by atoms with van der Waals surface area (Å²) >= 11 is 0. The van der Waals surface area contributed by atoms with Crippen LogP contribution in [0.25, 0.3) is 10.8 Å². The van der Waals surface area contributed by atoms with Gasteiger partial charge in [0.25, 0.3) is 0 Å². The second-order valence-electron chi connectivity index (χ2n) is 5.13. The molecule has 3 aromatic carbocycles. The third kappa shape index (κ3) is 13.2. The number of ketones is 1. The SMILES string of the molecule is CCOC(=O)CC(=O)C(F)(F)F.[Cr+3].[I-].[c-]1ccccc1.c1ccc2[cH-]ccc2c1. The van der Waals surface area contributed by atoms with E-state index < -0.39 is 24.3 Å². The zero-order chi connectivity index (χ0) is 20.1. The first-order chi connectivity index (χ1) is 12.8. The molecule has 3 nitrogen and oxygen atoms in total. The van der Waals surface area contributed by atoms with Crippen LogP contribution in [0.4, 0.5) is 13.2 Å². The van der Waals surface area contributed by atoms with E-state index in [0.717, 1.165) is 0 Å². The van der Waals surface area contributed by atoms with E-state index in [4.69, 9.17) is 0 Å². The molecule has 155 valence electrons. The van der Waals surface area contributed by atoms with Crippen molar-refractivity contribution < 1.29 is 68.8 Å². The molecule has 8 heteroatoms. The average molecular weight is 555 g/mol. The van der Waals surface area contributed by atoms with E-state index in [1.54, 1.807) is 0 Å². The van der Waals surface area contributed by atoms with Gasteiger partial charge in [0.1, 0.15) is 6.42 Å². The Bertz CT molecular complexity index is 764. The molecule has 0 bridgehead atoms. The predicted molar refractivity (Wildman–Crippen MR) is 97.1 cm³/mol. The van der Waals surface area contributed by atoms with E-state index in [2.05, 4.69) is 53.3 Å². The Kier molecular flexibility index (Phi) is 16.3. The van der Waals surface area contributed by atoms with E-state index in [1.807, 2.05) is 30.3 Å². The Balaban J connectivity index is 0. The van der Waals surface area contributed by atoms with E-state index >= 15 is 0 Å². The first kappa shape index (κ1) is 29.4. The number of esters is 1. The maximum absolute atomic E-state index is 11.5. The summed E-state index contributed by atoms with van der Waals surface area (Å²) in [5, 5.41) is 2.66. The summed E-state index contributed by atoms with van der Waals surface area (Å²) in [6.45, 7) is 1.40. The maximum atomic E-state index is 11.5. The number of hydrogen-bond acceptors (Lipinski definition) is 3. The molecule has 29 heavy (non-hydrogen) atoms. The van der Waals surface area contributed by atoms with Crippen LogP contribution in [0.15, 0.2) is 72.8 Å². The third-order valence-electron chi connectivity index (χ3n) is 3.08. The van der Waals surface area contributed by atoms with Gasteiger partial charge in [-0.15, -0.1) is 29.7 Å². The van der Waals surface area contributed by atoms with Crippen LogP contribution in [0.2, 0.25) is 0 Å². The summed E-state index contributed by atoms with van der Waals surface area (Å²) in [7, 11) is 0. The van der Waals surface area contributed by atoms with Crippen LogP contribution in [0.3, 0.4) is 0 Å². The van der Waals surface area contributed by atoms with Crippen molar-refractivity contribution in [1.29, 1.82) is 0 Å². The minimum atomic E-state index is -4.95. The van der Waals surface area contributed by atoms with E-state index in [-0.39, 0.29) is 47.9 Å². The fourth-order valence-electron chi connectivity index (χ4n) is 1.86. The molecule has 0 saturated heterocycles. The molecule has 0 saturated carbocycles. The van der Waals surface area contributed by atoms with Crippen LogP contribution in [0.1, 0.15) is 13.3 Å². The zero-order valence-electron chi connectivity index (χ0n) is 15.5. The standard InChI is InChI=1S/C9H7.C6H7F3O3.C6H5.Cr.HI/c1-2-5-9-7-3-6-8(9)4-1;1-2-12-5(11)3-4(10)6(7,8)9;1-2-4-6-5-3-1;;/h1-7H;2-3H2,1H3;1-5H;;1H/q-1;;-1;+3;/p-1. The molecular formula is C21H19CrF3IO3. The van der Waals surface area contributed by atoms with Crippen LogP contribution >= 0.6 is 0 Å². The molecule has 0 unspecified atom stereocenters. The zero-order valence-corrected chi connectivity index (χ0v) is 18.9. The van der Waals surface area contributed by atoms with Crippen LogP contribution in [-0.4, -0.2) is 24.5 Å². The predicted octanol–water partition coefficient (Wildman–Crippen LogP) is 2.12. The quantitative estimate of drug-likeness (QED) is 0.216. The van der Waals surface area contributed by atoms with Gasteiger partial charge >= 0.3 is 29.5 Å². The summed E-state index contributed by atoms with van der Waals surface area (Å²) in [5.74, 6) is -3.24. The van der Waals surface area contributed by atoms with Crippen molar-refractivity contribution in [3.05, 3.63) is 78.9 Å². The number of halogens is 4. The molecule has 3 aromatic rings. The van der Waals surface area contributed by atoms with E-state index in [9.17, 15) is 22.8 Å². The Morgan fingerprint density at radius 1 is 1.03 bits per heavy atom. The number of benzene rings is 2. The molecule has 0 aromatic heterocycles. The first-order valence-corrected chi connectivity index (χ1v) is 8.11. The Hall–Kier alpha value is -1.76. The summed E-state index contributed by atoms with van der Waals surface area (Å²) in [5.41, 5.74) is 0. The normalized spacial score (nSPS) is 9.38. The molecule has 0 amide bonds. The van der Waals surface area contributed by atoms with Gasteiger partial charge in [-0.2, -0.15) is 67.1 Å². The number of carbonyl (C=O) groups excluding carboxylic acids is 2. The number of fused-ring (bicyclic) bond motifs is 1. The molecule has 0 aliphatic rings. The van der Waals surface area contributed by atoms with Crippen LogP contribution < -0.4 is 24.0 Å². The van der Waals surface area contributed by atoms with Crippen LogP contribution in [0.5, 0.6) is 0 Å². The van der Waals surface area contributed by atoms with Crippen LogP contribution in [0, 0.1) is 6.07 Å². The maximum Gasteiger partial charge on any atom is 3.00 e. The smallest absolute Gasteiger partial charge is 1.00 e. The van der Waals surface area contributed by atoms with Gasteiger partial charge in [0, 0.05) is 0 Å². The van der Waals surface area contributed by atoms with Gasteiger partial charge < -0.3 is 28.7 Å². The van der Waals surface area contributed by atoms with Gasteiger partial charge in [-0.25, -0.2) is 0 Å². The summed E-state index contributed by atoms with van der Waals surface area (Å²) in [6, 6.07) is 27.2. The number of ether oxygens (including phenoxy) is 1. The van der Waals surface area contributed by atoms with Gasteiger partial charge in [0.15, 0.2) is 0 Å². The van der Waals surface area contributed by atoms with E-state index in [1.165, 1.54) is 17.7 Å². The Morgan fingerprint density at radius 2 is 1.66 bits per heavy atom. The van der Waals surface area contributed by atoms with Crippen molar-refractivity contribution >= 4 is 22.5 Å². The number of alkyl halides is 3. The molecule has 0 fully saturated rings. The molecule has 0 heterocycles. The number of hydrogen-bond donors (Lipinski definition) is 0. The van der Waals surface area contributed by atoms with Crippen molar-refractivity contribution in [2.24, 2.45) is 0 Å². The van der Waals surface area contributed by atoms with Gasteiger partial charge in [-0.3, -0.25) is 9.59 Å². The second-order valence-corrected chi connectivity index (χ2v) is 5.13. The van der Waals surface area contributed by atoms with E-state index in [0.29, 0.717) is 0 Å².